The number of aryl methyl sites for hydroxylation is 1. The molecule has 1 aliphatic heterocycles. The second-order valence-electron chi connectivity index (χ2n) is 8.16. The SMILES string of the molecule is Cc1ccc(C(=O)N2CCN(c3c(Cl)cccc3NC(=O)/C=C/c3ccc(Cl)cc3)CC2)cc1. The van der Waals surface area contributed by atoms with Gasteiger partial charge in [-0.1, -0.05) is 59.1 Å². The highest BCUT2D eigenvalue weighted by molar-refractivity contribution is 6.34. The quantitative estimate of drug-likeness (QED) is 0.449. The van der Waals surface area contributed by atoms with Crippen molar-refractivity contribution in [2.75, 3.05) is 36.4 Å². The van der Waals surface area contributed by atoms with Crippen molar-refractivity contribution in [2.24, 2.45) is 0 Å². The van der Waals surface area contributed by atoms with Gasteiger partial charge in [-0.15, -0.1) is 0 Å². The lowest BCUT2D eigenvalue weighted by Crippen LogP contribution is -2.49. The van der Waals surface area contributed by atoms with Crippen LogP contribution >= 0.6 is 23.2 Å². The number of amides is 2. The highest BCUT2D eigenvalue weighted by Crippen LogP contribution is 2.34. The van der Waals surface area contributed by atoms with Gasteiger partial charge in [0.2, 0.25) is 5.91 Å². The normalized spacial score (nSPS) is 13.9. The number of nitrogens with one attached hydrogen (secondary N) is 1. The number of anilines is 2. The number of piperazine rings is 1. The molecule has 1 fully saturated rings. The summed E-state index contributed by atoms with van der Waals surface area (Å²) in [5, 5.41) is 4.13. The molecule has 174 valence electrons. The summed E-state index contributed by atoms with van der Waals surface area (Å²) in [6, 6.07) is 20.3. The highest BCUT2D eigenvalue weighted by Gasteiger charge is 2.25. The third-order valence-electron chi connectivity index (χ3n) is 5.72. The summed E-state index contributed by atoms with van der Waals surface area (Å²) in [4.78, 5) is 29.4. The van der Waals surface area contributed by atoms with Crippen molar-refractivity contribution in [2.45, 2.75) is 6.92 Å². The Kier molecular flexibility index (Phi) is 7.56. The van der Waals surface area contributed by atoms with Crippen LogP contribution in [0.5, 0.6) is 0 Å². The first-order valence-corrected chi connectivity index (χ1v) is 11.8. The summed E-state index contributed by atoms with van der Waals surface area (Å²) in [5.74, 6) is -0.230. The molecule has 1 heterocycles. The van der Waals surface area contributed by atoms with Crippen LogP contribution in [0.15, 0.2) is 72.8 Å². The van der Waals surface area contributed by atoms with E-state index >= 15 is 0 Å². The minimum absolute atomic E-state index is 0.0275. The molecule has 0 saturated carbocycles. The minimum Gasteiger partial charge on any atom is -0.365 e. The standard InChI is InChI=1S/C27H25Cl2N3O2/c1-19-5-10-21(11-6-19)27(34)32-17-15-31(16-18-32)26-23(29)3-2-4-24(26)30-25(33)14-9-20-7-12-22(28)13-8-20/h2-14H,15-18H2,1H3,(H,30,33)/b14-9+. The number of nitrogens with zero attached hydrogens (tertiary/aromatic N) is 2. The molecule has 7 heteroatoms. The van der Waals surface area contributed by atoms with Gasteiger partial charge in [-0.05, 0) is 55.0 Å². The summed E-state index contributed by atoms with van der Waals surface area (Å²) in [6.45, 7) is 4.37. The number of para-hydroxylation sites is 1. The molecule has 4 rings (SSSR count). The van der Waals surface area contributed by atoms with Crippen LogP contribution in [0, 0.1) is 6.92 Å². The van der Waals surface area contributed by atoms with E-state index in [1.165, 1.54) is 6.08 Å². The lowest BCUT2D eigenvalue weighted by atomic mass is 10.1. The maximum atomic E-state index is 12.9. The summed E-state index contributed by atoms with van der Waals surface area (Å²) in [6.07, 6.45) is 3.21. The van der Waals surface area contributed by atoms with Crippen molar-refractivity contribution < 1.29 is 9.59 Å². The van der Waals surface area contributed by atoms with Crippen LogP contribution in [0.3, 0.4) is 0 Å². The van der Waals surface area contributed by atoms with Crippen molar-refractivity contribution >= 4 is 52.5 Å². The summed E-state index contributed by atoms with van der Waals surface area (Å²) >= 11 is 12.4. The Hall–Kier alpha value is -3.28. The number of benzene rings is 3. The fourth-order valence-corrected chi connectivity index (χ4v) is 4.29. The molecule has 0 bridgehead atoms. The number of hydrogen-bond acceptors (Lipinski definition) is 3. The number of carbonyl (C=O) groups excluding carboxylic acids is 2. The van der Waals surface area contributed by atoms with Gasteiger partial charge in [-0.2, -0.15) is 0 Å². The largest absolute Gasteiger partial charge is 0.365 e. The molecular formula is C27H25Cl2N3O2. The van der Waals surface area contributed by atoms with Crippen LogP contribution in [0.25, 0.3) is 6.08 Å². The molecule has 3 aromatic carbocycles. The van der Waals surface area contributed by atoms with Gasteiger partial charge < -0.3 is 15.1 Å². The molecule has 2 amide bonds. The zero-order chi connectivity index (χ0) is 24.1. The lowest BCUT2D eigenvalue weighted by Gasteiger charge is -2.37. The van der Waals surface area contributed by atoms with Gasteiger partial charge in [-0.3, -0.25) is 9.59 Å². The van der Waals surface area contributed by atoms with E-state index < -0.39 is 0 Å². The van der Waals surface area contributed by atoms with E-state index in [0.29, 0.717) is 47.5 Å². The van der Waals surface area contributed by atoms with Gasteiger partial charge in [0.15, 0.2) is 0 Å². The molecule has 0 radical (unpaired) electrons. The second-order valence-corrected chi connectivity index (χ2v) is 9.00. The Balaban J connectivity index is 1.43. The first-order valence-electron chi connectivity index (χ1n) is 11.0. The zero-order valence-corrected chi connectivity index (χ0v) is 20.3. The fourth-order valence-electron chi connectivity index (χ4n) is 3.87. The predicted molar refractivity (Wildman–Crippen MR) is 140 cm³/mol. The number of rotatable bonds is 5. The van der Waals surface area contributed by atoms with E-state index in [4.69, 9.17) is 23.2 Å². The molecule has 0 aliphatic carbocycles. The van der Waals surface area contributed by atoms with Gasteiger partial charge in [0.25, 0.3) is 5.91 Å². The first-order chi connectivity index (χ1) is 16.4. The third-order valence-corrected chi connectivity index (χ3v) is 6.28. The van der Waals surface area contributed by atoms with E-state index in [2.05, 4.69) is 10.2 Å². The van der Waals surface area contributed by atoms with Crippen molar-refractivity contribution in [3.05, 3.63) is 99.5 Å². The minimum atomic E-state index is -0.258. The highest BCUT2D eigenvalue weighted by atomic mass is 35.5. The van der Waals surface area contributed by atoms with E-state index in [1.807, 2.05) is 60.4 Å². The first kappa shape index (κ1) is 23.9. The molecule has 0 unspecified atom stereocenters. The number of halogens is 2. The summed E-state index contributed by atoms with van der Waals surface area (Å²) in [7, 11) is 0. The van der Waals surface area contributed by atoms with Crippen LogP contribution in [0.4, 0.5) is 11.4 Å². The van der Waals surface area contributed by atoms with E-state index in [-0.39, 0.29) is 11.8 Å². The van der Waals surface area contributed by atoms with E-state index in [9.17, 15) is 9.59 Å². The predicted octanol–water partition coefficient (Wildman–Crippen LogP) is 5.92. The van der Waals surface area contributed by atoms with E-state index in [1.54, 1.807) is 24.3 Å². The Morgan fingerprint density at radius 3 is 2.24 bits per heavy atom. The molecule has 3 aromatic rings. The molecule has 0 atom stereocenters. The van der Waals surface area contributed by atoms with Gasteiger partial charge in [0, 0.05) is 42.8 Å². The van der Waals surface area contributed by atoms with Crippen LogP contribution < -0.4 is 10.2 Å². The van der Waals surface area contributed by atoms with Crippen LogP contribution in [0.1, 0.15) is 21.5 Å². The van der Waals surface area contributed by atoms with Gasteiger partial charge in [0.05, 0.1) is 16.4 Å². The molecule has 1 aliphatic rings. The van der Waals surface area contributed by atoms with Crippen molar-refractivity contribution in [1.29, 1.82) is 0 Å². The van der Waals surface area contributed by atoms with Crippen molar-refractivity contribution in [3.8, 4) is 0 Å². The number of carbonyl (C=O) groups is 2. The fraction of sp³-hybridized carbons (Fsp3) is 0.185. The Morgan fingerprint density at radius 2 is 1.56 bits per heavy atom. The Labute approximate surface area is 209 Å². The van der Waals surface area contributed by atoms with Gasteiger partial charge in [-0.25, -0.2) is 0 Å². The van der Waals surface area contributed by atoms with Gasteiger partial charge in [0.1, 0.15) is 0 Å². The Bertz CT molecular complexity index is 1200. The average Bonchev–Trinajstić information content (AvgIpc) is 2.84. The molecule has 0 spiro atoms. The Morgan fingerprint density at radius 1 is 0.882 bits per heavy atom. The summed E-state index contributed by atoms with van der Waals surface area (Å²) < 4.78 is 0. The smallest absolute Gasteiger partial charge is 0.253 e. The van der Waals surface area contributed by atoms with Crippen LogP contribution in [0.2, 0.25) is 10.0 Å². The molecule has 1 saturated heterocycles. The summed E-state index contributed by atoms with van der Waals surface area (Å²) in [5.41, 5.74) is 4.09. The van der Waals surface area contributed by atoms with E-state index in [0.717, 1.165) is 16.8 Å². The average molecular weight is 494 g/mol. The van der Waals surface area contributed by atoms with Crippen LogP contribution in [-0.2, 0) is 4.79 Å². The molecule has 1 N–H and O–H groups in total. The molecule has 5 nitrogen and oxygen atoms in total. The second kappa shape index (κ2) is 10.8. The lowest BCUT2D eigenvalue weighted by molar-refractivity contribution is -0.111. The van der Waals surface area contributed by atoms with Crippen molar-refractivity contribution in [1.82, 2.24) is 4.90 Å². The van der Waals surface area contributed by atoms with Gasteiger partial charge >= 0.3 is 0 Å². The van der Waals surface area contributed by atoms with Crippen molar-refractivity contribution in [3.63, 3.8) is 0 Å². The maximum Gasteiger partial charge on any atom is 0.253 e. The topological polar surface area (TPSA) is 52.7 Å². The maximum absolute atomic E-state index is 12.9. The molecule has 0 aromatic heterocycles. The third kappa shape index (κ3) is 5.79. The monoisotopic (exact) mass is 493 g/mol. The number of hydrogen-bond donors (Lipinski definition) is 1. The zero-order valence-electron chi connectivity index (χ0n) is 18.8. The molecular weight excluding hydrogens is 469 g/mol. The van der Waals surface area contributed by atoms with Crippen LogP contribution in [-0.4, -0.2) is 42.9 Å². The molecule has 34 heavy (non-hydrogen) atoms.